The summed E-state index contributed by atoms with van der Waals surface area (Å²) in [5.41, 5.74) is 0.905. The number of hydrogen-bond acceptors (Lipinski definition) is 3. The van der Waals surface area contributed by atoms with Gasteiger partial charge in [0.25, 0.3) is 0 Å². The smallest absolute Gasteiger partial charge is 0.197 e. The third-order valence-electron chi connectivity index (χ3n) is 1.76. The molecule has 0 spiro atoms. The van der Waals surface area contributed by atoms with Crippen LogP contribution in [-0.2, 0) is 0 Å². The SMILES string of the molecule is COc1ccc2nc(Br)ncc2c1.Cl. The number of halogens is 2. The van der Waals surface area contributed by atoms with Crippen molar-refractivity contribution in [1.82, 2.24) is 9.97 Å². The Kier molecular flexibility index (Phi) is 3.66. The number of rotatable bonds is 1. The summed E-state index contributed by atoms with van der Waals surface area (Å²) in [5, 5.41) is 0.975. The quantitative estimate of drug-likeness (QED) is 0.751. The highest BCUT2D eigenvalue weighted by Gasteiger charge is 1.98. The maximum absolute atomic E-state index is 5.09. The van der Waals surface area contributed by atoms with Gasteiger partial charge < -0.3 is 4.74 Å². The number of aromatic nitrogens is 2. The van der Waals surface area contributed by atoms with E-state index in [1.54, 1.807) is 13.3 Å². The molecule has 14 heavy (non-hydrogen) atoms. The van der Waals surface area contributed by atoms with Crippen LogP contribution in [0.3, 0.4) is 0 Å². The van der Waals surface area contributed by atoms with Crippen molar-refractivity contribution < 1.29 is 4.74 Å². The van der Waals surface area contributed by atoms with Crippen LogP contribution in [0.4, 0.5) is 0 Å². The third-order valence-corrected chi connectivity index (χ3v) is 2.14. The van der Waals surface area contributed by atoms with Crippen LogP contribution in [0.15, 0.2) is 29.1 Å². The van der Waals surface area contributed by atoms with E-state index in [-0.39, 0.29) is 12.4 Å². The normalized spacial score (nSPS) is 9.57. The largest absolute Gasteiger partial charge is 0.497 e. The van der Waals surface area contributed by atoms with E-state index in [1.807, 2.05) is 18.2 Å². The van der Waals surface area contributed by atoms with Crippen LogP contribution in [0.25, 0.3) is 10.9 Å². The molecule has 0 saturated heterocycles. The molecule has 0 saturated carbocycles. The predicted octanol–water partition coefficient (Wildman–Crippen LogP) is 2.82. The molecule has 0 amide bonds. The van der Waals surface area contributed by atoms with E-state index >= 15 is 0 Å². The van der Waals surface area contributed by atoms with E-state index < -0.39 is 0 Å². The Bertz CT molecular complexity index is 450. The molecule has 0 atom stereocenters. The molecule has 74 valence electrons. The maximum Gasteiger partial charge on any atom is 0.197 e. The number of nitrogens with zero attached hydrogens (tertiary/aromatic N) is 2. The molecule has 0 aliphatic heterocycles. The second-order valence-electron chi connectivity index (χ2n) is 2.56. The lowest BCUT2D eigenvalue weighted by Gasteiger charge is -2.00. The Morgan fingerprint density at radius 3 is 2.86 bits per heavy atom. The van der Waals surface area contributed by atoms with Crippen molar-refractivity contribution in [1.29, 1.82) is 0 Å². The van der Waals surface area contributed by atoms with Gasteiger partial charge in [-0.05, 0) is 34.1 Å². The summed E-state index contributed by atoms with van der Waals surface area (Å²) >= 11 is 3.21. The fourth-order valence-electron chi connectivity index (χ4n) is 1.12. The number of methoxy groups -OCH3 is 1. The van der Waals surface area contributed by atoms with Gasteiger partial charge in [-0.25, -0.2) is 9.97 Å². The zero-order chi connectivity index (χ0) is 9.26. The van der Waals surface area contributed by atoms with Gasteiger partial charge in [-0.2, -0.15) is 0 Å². The Hall–Kier alpha value is -0.870. The molecule has 1 aromatic heterocycles. The molecule has 0 fully saturated rings. The number of hydrogen-bond donors (Lipinski definition) is 0. The first kappa shape index (κ1) is 11.2. The lowest BCUT2D eigenvalue weighted by molar-refractivity contribution is 0.415. The zero-order valence-electron chi connectivity index (χ0n) is 7.40. The third kappa shape index (κ3) is 2.13. The van der Waals surface area contributed by atoms with Gasteiger partial charge in [0.1, 0.15) is 5.75 Å². The summed E-state index contributed by atoms with van der Waals surface area (Å²) in [6.45, 7) is 0. The van der Waals surface area contributed by atoms with Gasteiger partial charge in [-0.3, -0.25) is 0 Å². The first-order chi connectivity index (χ1) is 6.29. The molecule has 1 heterocycles. The molecular weight excluding hydrogens is 267 g/mol. The molecule has 0 aliphatic rings. The van der Waals surface area contributed by atoms with Crippen molar-refractivity contribution in [2.75, 3.05) is 7.11 Å². The fourth-order valence-corrected chi connectivity index (χ4v) is 1.41. The number of fused-ring (bicyclic) bond motifs is 1. The Morgan fingerprint density at radius 1 is 1.36 bits per heavy atom. The Labute approximate surface area is 96.1 Å². The van der Waals surface area contributed by atoms with Gasteiger partial charge in [0.05, 0.1) is 12.6 Å². The van der Waals surface area contributed by atoms with Gasteiger partial charge in [0.2, 0.25) is 0 Å². The number of ether oxygens (including phenoxy) is 1. The van der Waals surface area contributed by atoms with Crippen LogP contribution in [0.5, 0.6) is 5.75 Å². The lowest BCUT2D eigenvalue weighted by atomic mass is 10.2. The second kappa shape index (κ2) is 4.57. The lowest BCUT2D eigenvalue weighted by Crippen LogP contribution is -1.86. The van der Waals surface area contributed by atoms with Gasteiger partial charge in [0, 0.05) is 11.6 Å². The first-order valence-electron chi connectivity index (χ1n) is 3.76. The molecule has 0 unspecified atom stereocenters. The van der Waals surface area contributed by atoms with E-state index in [9.17, 15) is 0 Å². The van der Waals surface area contributed by atoms with Crippen LogP contribution in [-0.4, -0.2) is 17.1 Å². The zero-order valence-corrected chi connectivity index (χ0v) is 9.80. The molecule has 0 radical (unpaired) electrons. The molecule has 3 nitrogen and oxygen atoms in total. The minimum absolute atomic E-state index is 0. The van der Waals surface area contributed by atoms with Crippen LogP contribution in [0.1, 0.15) is 0 Å². The molecule has 2 rings (SSSR count). The van der Waals surface area contributed by atoms with Gasteiger partial charge in [-0.15, -0.1) is 12.4 Å². The highest BCUT2D eigenvalue weighted by atomic mass is 79.9. The fraction of sp³-hybridized carbons (Fsp3) is 0.111. The predicted molar refractivity (Wildman–Crippen MR) is 61.0 cm³/mol. The molecule has 0 aliphatic carbocycles. The van der Waals surface area contributed by atoms with Gasteiger partial charge >= 0.3 is 0 Å². The van der Waals surface area contributed by atoms with E-state index in [0.29, 0.717) is 4.73 Å². The van der Waals surface area contributed by atoms with Crippen molar-refractivity contribution in [2.45, 2.75) is 0 Å². The van der Waals surface area contributed by atoms with Gasteiger partial charge in [-0.1, -0.05) is 0 Å². The molecule has 0 bridgehead atoms. The van der Waals surface area contributed by atoms with Crippen molar-refractivity contribution in [2.24, 2.45) is 0 Å². The Morgan fingerprint density at radius 2 is 2.14 bits per heavy atom. The molecule has 5 heteroatoms. The molecule has 1 aromatic carbocycles. The molecule has 0 N–H and O–H groups in total. The van der Waals surface area contributed by atoms with Crippen LogP contribution >= 0.6 is 28.3 Å². The molecular formula is C9H8BrClN2O. The van der Waals surface area contributed by atoms with Crippen LogP contribution in [0.2, 0.25) is 0 Å². The number of benzene rings is 1. The second-order valence-corrected chi connectivity index (χ2v) is 3.27. The average Bonchev–Trinajstić information content (AvgIpc) is 2.17. The summed E-state index contributed by atoms with van der Waals surface area (Å²) in [7, 11) is 1.64. The van der Waals surface area contributed by atoms with Crippen molar-refractivity contribution in [3.8, 4) is 5.75 Å². The van der Waals surface area contributed by atoms with Crippen molar-refractivity contribution >= 4 is 39.2 Å². The van der Waals surface area contributed by atoms with E-state index in [4.69, 9.17) is 4.74 Å². The van der Waals surface area contributed by atoms with Crippen LogP contribution in [0, 0.1) is 0 Å². The average molecular weight is 276 g/mol. The molecule has 2 aromatic rings. The minimum Gasteiger partial charge on any atom is -0.497 e. The van der Waals surface area contributed by atoms with E-state index in [2.05, 4.69) is 25.9 Å². The highest BCUT2D eigenvalue weighted by molar-refractivity contribution is 9.10. The maximum atomic E-state index is 5.09. The summed E-state index contributed by atoms with van der Waals surface area (Å²) < 4.78 is 5.69. The van der Waals surface area contributed by atoms with Crippen LogP contribution < -0.4 is 4.74 Å². The highest BCUT2D eigenvalue weighted by Crippen LogP contribution is 2.19. The van der Waals surface area contributed by atoms with E-state index in [0.717, 1.165) is 16.7 Å². The first-order valence-corrected chi connectivity index (χ1v) is 4.55. The Balaban J connectivity index is 0.000000980. The van der Waals surface area contributed by atoms with Gasteiger partial charge in [0.15, 0.2) is 4.73 Å². The van der Waals surface area contributed by atoms with E-state index in [1.165, 1.54) is 0 Å². The van der Waals surface area contributed by atoms with Crippen molar-refractivity contribution in [3.05, 3.63) is 29.1 Å². The summed E-state index contributed by atoms with van der Waals surface area (Å²) in [6.07, 6.45) is 1.76. The van der Waals surface area contributed by atoms with Crippen molar-refractivity contribution in [3.63, 3.8) is 0 Å². The topological polar surface area (TPSA) is 35.0 Å². The monoisotopic (exact) mass is 274 g/mol. The summed E-state index contributed by atoms with van der Waals surface area (Å²) in [5.74, 6) is 0.818. The minimum atomic E-state index is 0. The summed E-state index contributed by atoms with van der Waals surface area (Å²) in [6, 6.07) is 5.68. The standard InChI is InChI=1S/C9H7BrN2O.ClH/c1-13-7-2-3-8-6(4-7)5-11-9(10)12-8;/h2-5H,1H3;1H. The summed E-state index contributed by atoms with van der Waals surface area (Å²) in [4.78, 5) is 8.23.